The zero-order valence-electron chi connectivity index (χ0n) is 15.7. The number of aryl methyl sites for hydroxylation is 1. The third-order valence-electron chi connectivity index (χ3n) is 4.30. The van der Waals surface area contributed by atoms with Crippen molar-refractivity contribution in [2.24, 2.45) is 0 Å². The van der Waals surface area contributed by atoms with E-state index in [-0.39, 0.29) is 18.4 Å². The summed E-state index contributed by atoms with van der Waals surface area (Å²) in [4.78, 5) is 16.5. The Balaban J connectivity index is 1.53. The van der Waals surface area contributed by atoms with Gasteiger partial charge < -0.3 is 14.6 Å². The van der Waals surface area contributed by atoms with Gasteiger partial charge in [0, 0.05) is 18.4 Å². The van der Waals surface area contributed by atoms with Crippen LogP contribution >= 0.6 is 0 Å². The molecule has 0 aliphatic rings. The SMILES string of the molecule is COc1ccc(-c2noc(CCC(=O)NC(C)c3ccc(C#N)cc3)n2)cc1. The van der Waals surface area contributed by atoms with Crippen LogP contribution < -0.4 is 10.1 Å². The fraction of sp³-hybridized carbons (Fsp3) is 0.238. The van der Waals surface area contributed by atoms with Gasteiger partial charge >= 0.3 is 0 Å². The molecule has 0 saturated heterocycles. The van der Waals surface area contributed by atoms with E-state index in [1.165, 1.54) is 0 Å². The number of nitrogens with one attached hydrogen (secondary N) is 1. The molecule has 0 radical (unpaired) electrons. The second-order valence-corrected chi connectivity index (χ2v) is 6.26. The van der Waals surface area contributed by atoms with Crippen molar-refractivity contribution in [2.45, 2.75) is 25.8 Å². The lowest BCUT2D eigenvalue weighted by Crippen LogP contribution is -2.26. The summed E-state index contributed by atoms with van der Waals surface area (Å²) in [6, 6.07) is 16.4. The molecule has 3 aromatic rings. The number of amides is 1. The van der Waals surface area contributed by atoms with Crippen LogP contribution in [0.1, 0.15) is 36.4 Å². The van der Waals surface area contributed by atoms with E-state index in [0.717, 1.165) is 16.9 Å². The van der Waals surface area contributed by atoms with Crippen LogP contribution in [0, 0.1) is 11.3 Å². The maximum Gasteiger partial charge on any atom is 0.227 e. The van der Waals surface area contributed by atoms with Gasteiger partial charge in [-0.1, -0.05) is 17.3 Å². The van der Waals surface area contributed by atoms with Gasteiger partial charge in [0.15, 0.2) is 0 Å². The van der Waals surface area contributed by atoms with Crippen molar-refractivity contribution in [3.63, 3.8) is 0 Å². The Hall–Kier alpha value is -3.66. The predicted octanol–water partition coefficient (Wildman–Crippen LogP) is 3.43. The summed E-state index contributed by atoms with van der Waals surface area (Å²) in [6.45, 7) is 1.90. The van der Waals surface area contributed by atoms with Gasteiger partial charge in [-0.25, -0.2) is 0 Å². The quantitative estimate of drug-likeness (QED) is 0.678. The van der Waals surface area contributed by atoms with E-state index in [2.05, 4.69) is 21.5 Å². The third kappa shape index (κ3) is 4.74. The smallest absolute Gasteiger partial charge is 0.227 e. The molecule has 1 heterocycles. The van der Waals surface area contributed by atoms with Gasteiger partial charge in [-0.05, 0) is 48.9 Å². The molecule has 1 unspecified atom stereocenters. The molecule has 0 spiro atoms. The van der Waals surface area contributed by atoms with Crippen LogP contribution in [0.5, 0.6) is 5.75 Å². The van der Waals surface area contributed by atoms with Crippen LogP contribution in [-0.4, -0.2) is 23.2 Å². The number of methoxy groups -OCH3 is 1. The number of nitriles is 1. The predicted molar refractivity (Wildman–Crippen MR) is 102 cm³/mol. The summed E-state index contributed by atoms with van der Waals surface area (Å²) >= 11 is 0. The first-order valence-electron chi connectivity index (χ1n) is 8.85. The molecule has 0 fully saturated rings. The van der Waals surface area contributed by atoms with Crippen LogP contribution in [0.4, 0.5) is 0 Å². The maximum absolute atomic E-state index is 12.2. The van der Waals surface area contributed by atoms with E-state index in [1.54, 1.807) is 19.2 Å². The summed E-state index contributed by atoms with van der Waals surface area (Å²) in [7, 11) is 1.61. The highest BCUT2D eigenvalue weighted by Crippen LogP contribution is 2.20. The van der Waals surface area contributed by atoms with Gasteiger partial charge in [0.25, 0.3) is 0 Å². The van der Waals surface area contributed by atoms with Gasteiger partial charge in [0.05, 0.1) is 24.8 Å². The molecule has 142 valence electrons. The molecular formula is C21H20N4O3. The minimum Gasteiger partial charge on any atom is -0.497 e. The van der Waals surface area contributed by atoms with Crippen molar-refractivity contribution < 1.29 is 14.1 Å². The van der Waals surface area contributed by atoms with E-state index in [1.807, 2.05) is 43.3 Å². The second-order valence-electron chi connectivity index (χ2n) is 6.26. The van der Waals surface area contributed by atoms with Crippen molar-refractivity contribution in [1.82, 2.24) is 15.5 Å². The Morgan fingerprint density at radius 3 is 2.57 bits per heavy atom. The molecule has 0 saturated carbocycles. The van der Waals surface area contributed by atoms with Gasteiger partial charge in [-0.3, -0.25) is 4.79 Å². The molecule has 1 atom stereocenters. The molecule has 0 aliphatic heterocycles. The Morgan fingerprint density at radius 2 is 1.93 bits per heavy atom. The average Bonchev–Trinajstić information content (AvgIpc) is 3.21. The molecule has 0 aliphatic carbocycles. The van der Waals surface area contributed by atoms with Crippen LogP contribution in [-0.2, 0) is 11.2 Å². The van der Waals surface area contributed by atoms with Gasteiger partial charge in [0.1, 0.15) is 5.75 Å². The summed E-state index contributed by atoms with van der Waals surface area (Å²) in [5.74, 6) is 1.53. The summed E-state index contributed by atoms with van der Waals surface area (Å²) in [5, 5.41) is 15.7. The number of benzene rings is 2. The third-order valence-corrected chi connectivity index (χ3v) is 4.30. The zero-order chi connectivity index (χ0) is 19.9. The molecular weight excluding hydrogens is 356 g/mol. The topological polar surface area (TPSA) is 101 Å². The summed E-state index contributed by atoms with van der Waals surface area (Å²) in [6.07, 6.45) is 0.597. The highest BCUT2D eigenvalue weighted by molar-refractivity contribution is 5.76. The van der Waals surface area contributed by atoms with Crippen molar-refractivity contribution >= 4 is 5.91 Å². The van der Waals surface area contributed by atoms with Crippen LogP contribution in [0.15, 0.2) is 53.1 Å². The fourth-order valence-corrected chi connectivity index (χ4v) is 2.68. The van der Waals surface area contributed by atoms with Gasteiger partial charge in [-0.15, -0.1) is 0 Å². The molecule has 1 N–H and O–H groups in total. The van der Waals surface area contributed by atoms with Crippen LogP contribution in [0.2, 0.25) is 0 Å². The highest BCUT2D eigenvalue weighted by Gasteiger charge is 2.13. The number of aromatic nitrogens is 2. The Kier molecular flexibility index (Phi) is 6.02. The Morgan fingerprint density at radius 1 is 1.21 bits per heavy atom. The first kappa shape index (κ1) is 19.1. The number of rotatable bonds is 7. The lowest BCUT2D eigenvalue weighted by Gasteiger charge is -2.14. The molecule has 7 heteroatoms. The molecule has 1 amide bonds. The van der Waals surface area contributed by atoms with Gasteiger partial charge in [0.2, 0.25) is 17.6 Å². The first-order chi connectivity index (χ1) is 13.6. The Labute approximate surface area is 163 Å². The van der Waals surface area contributed by atoms with E-state index in [4.69, 9.17) is 14.5 Å². The highest BCUT2D eigenvalue weighted by atomic mass is 16.5. The van der Waals surface area contributed by atoms with E-state index in [9.17, 15) is 4.79 Å². The Bertz CT molecular complexity index is 972. The fourth-order valence-electron chi connectivity index (χ4n) is 2.68. The normalized spacial score (nSPS) is 11.5. The lowest BCUT2D eigenvalue weighted by atomic mass is 10.1. The number of hydrogen-bond acceptors (Lipinski definition) is 6. The monoisotopic (exact) mass is 376 g/mol. The van der Waals surface area contributed by atoms with Crippen LogP contribution in [0.3, 0.4) is 0 Å². The molecule has 28 heavy (non-hydrogen) atoms. The van der Waals surface area contributed by atoms with E-state index < -0.39 is 0 Å². The first-order valence-corrected chi connectivity index (χ1v) is 8.85. The molecule has 2 aromatic carbocycles. The minimum absolute atomic E-state index is 0.110. The minimum atomic E-state index is -0.155. The number of nitrogens with zero attached hydrogens (tertiary/aromatic N) is 3. The zero-order valence-corrected chi connectivity index (χ0v) is 15.7. The number of ether oxygens (including phenoxy) is 1. The van der Waals surface area contributed by atoms with Crippen molar-refractivity contribution in [3.8, 4) is 23.2 Å². The summed E-state index contributed by atoms with van der Waals surface area (Å²) in [5.41, 5.74) is 2.34. The maximum atomic E-state index is 12.2. The number of carbonyl (C=O) groups excluding carboxylic acids is 1. The van der Waals surface area contributed by atoms with Gasteiger partial charge in [-0.2, -0.15) is 10.2 Å². The molecule has 3 rings (SSSR count). The van der Waals surface area contributed by atoms with E-state index >= 15 is 0 Å². The molecule has 7 nitrogen and oxygen atoms in total. The summed E-state index contributed by atoms with van der Waals surface area (Å²) < 4.78 is 10.4. The average molecular weight is 376 g/mol. The standard InChI is InChI=1S/C21H20N4O3/c1-14(16-5-3-15(13-22)4-6-16)23-19(26)11-12-20-24-21(25-28-20)17-7-9-18(27-2)10-8-17/h3-10,14H,11-12H2,1-2H3,(H,23,26). The second kappa shape index (κ2) is 8.82. The van der Waals surface area contributed by atoms with E-state index in [0.29, 0.717) is 23.7 Å². The molecule has 1 aromatic heterocycles. The van der Waals surface area contributed by atoms with Crippen molar-refractivity contribution in [3.05, 3.63) is 65.5 Å². The largest absolute Gasteiger partial charge is 0.497 e. The molecule has 0 bridgehead atoms. The van der Waals surface area contributed by atoms with Crippen molar-refractivity contribution in [1.29, 1.82) is 5.26 Å². The van der Waals surface area contributed by atoms with Crippen molar-refractivity contribution in [2.75, 3.05) is 7.11 Å². The number of hydrogen-bond donors (Lipinski definition) is 1. The number of carbonyl (C=O) groups is 1. The lowest BCUT2D eigenvalue weighted by molar-refractivity contribution is -0.121. The van der Waals surface area contributed by atoms with Crippen LogP contribution in [0.25, 0.3) is 11.4 Å².